The number of hydrogen-bond acceptors (Lipinski definition) is 3. The molecule has 0 aliphatic carbocycles. The smallest absolute Gasteiger partial charge is 0.157 e. The van der Waals surface area contributed by atoms with E-state index in [-0.39, 0.29) is 17.5 Å². The van der Waals surface area contributed by atoms with Crippen molar-refractivity contribution < 1.29 is 10.2 Å². The third kappa shape index (κ3) is 2.36. The summed E-state index contributed by atoms with van der Waals surface area (Å²) in [7, 11) is 0. The van der Waals surface area contributed by atoms with Gasteiger partial charge in [0.2, 0.25) is 0 Å². The Bertz CT molecular complexity index is 286. The third-order valence-corrected chi connectivity index (χ3v) is 2.03. The van der Waals surface area contributed by atoms with Crippen LogP contribution in [0.4, 0.5) is 0 Å². The number of rotatable bonds is 3. The molecular weight excluding hydrogens is 166 g/mol. The number of benzene rings is 1. The molecule has 13 heavy (non-hydrogen) atoms. The standard InChI is InChI=1S/C10H15NO2/c1-2-3-8(11)7-4-5-9(12)10(13)6-7/h4-6,8,12-13H,2-3,11H2,1H3/t8-/m1/s1. The zero-order valence-electron chi connectivity index (χ0n) is 7.70. The van der Waals surface area contributed by atoms with Gasteiger partial charge in [-0.1, -0.05) is 19.4 Å². The molecule has 1 aromatic carbocycles. The Kier molecular flexibility index (Phi) is 3.14. The Morgan fingerprint density at radius 3 is 2.54 bits per heavy atom. The highest BCUT2D eigenvalue weighted by Crippen LogP contribution is 2.28. The van der Waals surface area contributed by atoms with Crippen LogP contribution in [0.25, 0.3) is 0 Å². The predicted molar refractivity (Wildman–Crippen MR) is 51.6 cm³/mol. The summed E-state index contributed by atoms with van der Waals surface area (Å²) in [6.07, 6.45) is 1.88. The summed E-state index contributed by atoms with van der Waals surface area (Å²) in [5, 5.41) is 18.3. The zero-order valence-corrected chi connectivity index (χ0v) is 7.70. The fraction of sp³-hybridized carbons (Fsp3) is 0.400. The van der Waals surface area contributed by atoms with Crippen LogP contribution in [0.15, 0.2) is 18.2 Å². The van der Waals surface area contributed by atoms with Crippen molar-refractivity contribution >= 4 is 0 Å². The summed E-state index contributed by atoms with van der Waals surface area (Å²) in [6, 6.07) is 4.64. The average Bonchev–Trinajstić information content (AvgIpc) is 2.10. The van der Waals surface area contributed by atoms with Gasteiger partial charge in [-0.3, -0.25) is 0 Å². The Balaban J connectivity index is 2.84. The topological polar surface area (TPSA) is 66.5 Å². The van der Waals surface area contributed by atoms with Gasteiger partial charge in [-0.25, -0.2) is 0 Å². The van der Waals surface area contributed by atoms with Crippen LogP contribution in [0.5, 0.6) is 11.5 Å². The third-order valence-electron chi connectivity index (χ3n) is 2.03. The molecule has 0 radical (unpaired) electrons. The molecule has 0 spiro atoms. The van der Waals surface area contributed by atoms with Crippen molar-refractivity contribution in [3.8, 4) is 11.5 Å². The minimum Gasteiger partial charge on any atom is -0.504 e. The van der Waals surface area contributed by atoms with Crippen molar-refractivity contribution in [3.05, 3.63) is 23.8 Å². The maximum Gasteiger partial charge on any atom is 0.157 e. The van der Waals surface area contributed by atoms with E-state index in [1.165, 1.54) is 12.1 Å². The maximum atomic E-state index is 9.21. The van der Waals surface area contributed by atoms with Crippen LogP contribution < -0.4 is 5.73 Å². The highest BCUT2D eigenvalue weighted by Gasteiger charge is 2.07. The molecular formula is C10H15NO2. The van der Waals surface area contributed by atoms with Gasteiger partial charge in [0.25, 0.3) is 0 Å². The van der Waals surface area contributed by atoms with Gasteiger partial charge in [-0.15, -0.1) is 0 Å². The van der Waals surface area contributed by atoms with Gasteiger partial charge in [0.1, 0.15) is 0 Å². The molecule has 0 aromatic heterocycles. The van der Waals surface area contributed by atoms with Crippen molar-refractivity contribution in [2.45, 2.75) is 25.8 Å². The van der Waals surface area contributed by atoms with Crippen molar-refractivity contribution in [2.24, 2.45) is 5.73 Å². The maximum absolute atomic E-state index is 9.21. The molecule has 0 bridgehead atoms. The fourth-order valence-electron chi connectivity index (χ4n) is 1.25. The van der Waals surface area contributed by atoms with Gasteiger partial charge >= 0.3 is 0 Å². The van der Waals surface area contributed by atoms with Crippen LogP contribution in [0.2, 0.25) is 0 Å². The van der Waals surface area contributed by atoms with Crippen LogP contribution in [0, 0.1) is 0 Å². The SMILES string of the molecule is CCC[C@@H](N)c1ccc(O)c(O)c1. The predicted octanol–water partition coefficient (Wildman–Crippen LogP) is 1.90. The summed E-state index contributed by atoms with van der Waals surface area (Å²) >= 11 is 0. The number of phenols is 2. The van der Waals surface area contributed by atoms with E-state index in [2.05, 4.69) is 6.92 Å². The minimum atomic E-state index is -0.107. The summed E-state index contributed by atoms with van der Waals surface area (Å²) in [4.78, 5) is 0. The first kappa shape index (κ1) is 9.86. The first-order valence-corrected chi connectivity index (χ1v) is 4.42. The summed E-state index contributed by atoms with van der Waals surface area (Å²) in [6.45, 7) is 2.06. The quantitative estimate of drug-likeness (QED) is 0.624. The Hall–Kier alpha value is -1.22. The van der Waals surface area contributed by atoms with Gasteiger partial charge in [0, 0.05) is 6.04 Å². The lowest BCUT2D eigenvalue weighted by Gasteiger charge is -2.11. The number of hydrogen-bond donors (Lipinski definition) is 3. The van der Waals surface area contributed by atoms with Gasteiger partial charge in [0.05, 0.1) is 0 Å². The van der Waals surface area contributed by atoms with E-state index >= 15 is 0 Å². The van der Waals surface area contributed by atoms with E-state index in [1.54, 1.807) is 6.07 Å². The van der Waals surface area contributed by atoms with Crippen molar-refractivity contribution in [1.29, 1.82) is 0 Å². The molecule has 72 valence electrons. The molecule has 3 heteroatoms. The average molecular weight is 181 g/mol. The molecule has 1 atom stereocenters. The highest BCUT2D eigenvalue weighted by atomic mass is 16.3. The van der Waals surface area contributed by atoms with Gasteiger partial charge in [0.15, 0.2) is 11.5 Å². The fourth-order valence-corrected chi connectivity index (χ4v) is 1.25. The second-order valence-corrected chi connectivity index (χ2v) is 3.14. The van der Waals surface area contributed by atoms with Crippen molar-refractivity contribution in [1.82, 2.24) is 0 Å². The molecule has 1 aromatic rings. The van der Waals surface area contributed by atoms with Crippen molar-refractivity contribution in [3.63, 3.8) is 0 Å². The number of phenolic OH excluding ortho intramolecular Hbond substituents is 2. The summed E-state index contributed by atoms with van der Waals surface area (Å²) < 4.78 is 0. The Labute approximate surface area is 77.8 Å². The molecule has 3 nitrogen and oxygen atoms in total. The van der Waals surface area contributed by atoms with E-state index in [9.17, 15) is 5.11 Å². The molecule has 1 rings (SSSR count). The number of aromatic hydroxyl groups is 2. The van der Waals surface area contributed by atoms with E-state index < -0.39 is 0 Å². The summed E-state index contributed by atoms with van der Waals surface area (Å²) in [5.41, 5.74) is 6.69. The highest BCUT2D eigenvalue weighted by molar-refractivity contribution is 5.41. The van der Waals surface area contributed by atoms with Crippen molar-refractivity contribution in [2.75, 3.05) is 0 Å². The lowest BCUT2D eigenvalue weighted by atomic mass is 10.0. The van der Waals surface area contributed by atoms with Crippen LogP contribution >= 0.6 is 0 Å². The first-order chi connectivity index (χ1) is 6.15. The molecule has 0 heterocycles. The molecule has 0 aliphatic heterocycles. The second kappa shape index (κ2) is 4.14. The normalized spacial score (nSPS) is 12.8. The first-order valence-electron chi connectivity index (χ1n) is 4.42. The van der Waals surface area contributed by atoms with Crippen LogP contribution in [-0.4, -0.2) is 10.2 Å². The van der Waals surface area contributed by atoms with Crippen LogP contribution in [0.1, 0.15) is 31.4 Å². The monoisotopic (exact) mass is 181 g/mol. The van der Waals surface area contributed by atoms with E-state index in [1.807, 2.05) is 0 Å². The number of nitrogens with two attached hydrogens (primary N) is 1. The van der Waals surface area contributed by atoms with E-state index in [0.717, 1.165) is 18.4 Å². The molecule has 0 saturated carbocycles. The Morgan fingerprint density at radius 1 is 1.31 bits per heavy atom. The molecule has 0 saturated heterocycles. The molecule has 0 fully saturated rings. The van der Waals surface area contributed by atoms with Gasteiger partial charge in [-0.2, -0.15) is 0 Å². The lowest BCUT2D eigenvalue weighted by molar-refractivity contribution is 0.402. The minimum absolute atomic E-state index is 0.0588. The molecule has 0 unspecified atom stereocenters. The van der Waals surface area contributed by atoms with E-state index in [0.29, 0.717) is 0 Å². The molecule has 4 N–H and O–H groups in total. The molecule has 0 amide bonds. The zero-order chi connectivity index (χ0) is 9.84. The summed E-state index contributed by atoms with van der Waals surface area (Å²) in [5.74, 6) is -0.212. The van der Waals surface area contributed by atoms with Gasteiger partial charge < -0.3 is 15.9 Å². The van der Waals surface area contributed by atoms with E-state index in [4.69, 9.17) is 10.8 Å². The molecule has 0 aliphatic rings. The second-order valence-electron chi connectivity index (χ2n) is 3.14. The largest absolute Gasteiger partial charge is 0.504 e. The Morgan fingerprint density at radius 2 is 2.00 bits per heavy atom. The van der Waals surface area contributed by atoms with Gasteiger partial charge in [-0.05, 0) is 24.1 Å². The van der Waals surface area contributed by atoms with Crippen LogP contribution in [0.3, 0.4) is 0 Å². The lowest BCUT2D eigenvalue weighted by Crippen LogP contribution is -2.09. The van der Waals surface area contributed by atoms with Crippen LogP contribution in [-0.2, 0) is 0 Å².